The Balaban J connectivity index is 2.05. The zero-order valence-corrected chi connectivity index (χ0v) is 9.82. The molecule has 1 aliphatic rings. The highest BCUT2D eigenvalue weighted by Crippen LogP contribution is 2.30. The predicted octanol–water partition coefficient (Wildman–Crippen LogP) is 1.07. The van der Waals surface area contributed by atoms with Crippen LogP contribution in [-0.2, 0) is 6.54 Å². The summed E-state index contributed by atoms with van der Waals surface area (Å²) in [5.74, 6) is 1.72. The van der Waals surface area contributed by atoms with Crippen LogP contribution in [0.4, 0.5) is 0 Å². The van der Waals surface area contributed by atoms with Gasteiger partial charge in [0.2, 0.25) is 0 Å². The molecule has 4 nitrogen and oxygen atoms in total. The molecular weight excluding hydrogens is 204 g/mol. The van der Waals surface area contributed by atoms with E-state index < -0.39 is 0 Å². The van der Waals surface area contributed by atoms with Crippen LogP contribution in [0.15, 0.2) is 18.2 Å². The largest absolute Gasteiger partial charge is 0.486 e. The molecular formula is C12H18N2O2. The van der Waals surface area contributed by atoms with Gasteiger partial charge in [0.1, 0.15) is 13.2 Å². The van der Waals surface area contributed by atoms with Gasteiger partial charge in [-0.25, -0.2) is 0 Å². The van der Waals surface area contributed by atoms with E-state index in [1.165, 1.54) is 5.56 Å². The summed E-state index contributed by atoms with van der Waals surface area (Å²) in [4.78, 5) is 2.20. The van der Waals surface area contributed by atoms with Crippen molar-refractivity contribution in [3.63, 3.8) is 0 Å². The summed E-state index contributed by atoms with van der Waals surface area (Å²) in [6.07, 6.45) is 0. The number of fused-ring (bicyclic) bond motifs is 1. The Morgan fingerprint density at radius 3 is 2.75 bits per heavy atom. The summed E-state index contributed by atoms with van der Waals surface area (Å²) < 4.78 is 11.0. The lowest BCUT2D eigenvalue weighted by molar-refractivity contribution is 0.171. The maximum absolute atomic E-state index is 5.55. The van der Waals surface area contributed by atoms with E-state index in [9.17, 15) is 0 Å². The third-order valence-electron chi connectivity index (χ3n) is 2.49. The Morgan fingerprint density at radius 2 is 2.00 bits per heavy atom. The molecule has 88 valence electrons. The van der Waals surface area contributed by atoms with Crippen molar-refractivity contribution < 1.29 is 9.47 Å². The normalized spacial score (nSPS) is 14.2. The number of ether oxygens (including phenoxy) is 2. The quantitative estimate of drug-likeness (QED) is 0.773. The van der Waals surface area contributed by atoms with Gasteiger partial charge in [-0.3, -0.25) is 4.90 Å². The molecule has 1 aliphatic heterocycles. The van der Waals surface area contributed by atoms with E-state index in [4.69, 9.17) is 9.47 Å². The van der Waals surface area contributed by atoms with Gasteiger partial charge in [0.15, 0.2) is 11.5 Å². The van der Waals surface area contributed by atoms with Crippen LogP contribution in [0.1, 0.15) is 5.56 Å². The highest BCUT2D eigenvalue weighted by atomic mass is 16.6. The lowest BCUT2D eigenvalue weighted by atomic mass is 10.2. The lowest BCUT2D eigenvalue weighted by Crippen LogP contribution is -2.28. The summed E-state index contributed by atoms with van der Waals surface area (Å²) in [6.45, 7) is 3.06. The lowest BCUT2D eigenvalue weighted by Gasteiger charge is -2.20. The van der Waals surface area contributed by atoms with Gasteiger partial charge < -0.3 is 14.8 Å². The molecule has 0 amide bonds. The first-order chi connectivity index (χ1) is 7.79. The fraction of sp³-hybridized carbons (Fsp3) is 0.500. The van der Waals surface area contributed by atoms with Gasteiger partial charge in [0.25, 0.3) is 0 Å². The number of hydrogen-bond acceptors (Lipinski definition) is 4. The molecule has 1 N–H and O–H groups in total. The van der Waals surface area contributed by atoms with Crippen LogP contribution >= 0.6 is 0 Å². The minimum absolute atomic E-state index is 0.642. The number of rotatable bonds is 4. The molecule has 0 radical (unpaired) electrons. The first kappa shape index (κ1) is 11.2. The van der Waals surface area contributed by atoms with Crippen molar-refractivity contribution in [2.75, 3.05) is 34.0 Å². The van der Waals surface area contributed by atoms with Gasteiger partial charge in [-0.2, -0.15) is 0 Å². The summed E-state index contributed by atoms with van der Waals surface area (Å²) in [7, 11) is 4.02. The fourth-order valence-electron chi connectivity index (χ4n) is 1.82. The second-order valence-corrected chi connectivity index (χ2v) is 4.00. The maximum Gasteiger partial charge on any atom is 0.161 e. The van der Waals surface area contributed by atoms with Crippen LogP contribution in [0.5, 0.6) is 11.5 Å². The smallest absolute Gasteiger partial charge is 0.161 e. The molecule has 4 heteroatoms. The Kier molecular flexibility index (Phi) is 3.64. The average Bonchev–Trinajstić information content (AvgIpc) is 2.29. The molecule has 0 atom stereocenters. The first-order valence-corrected chi connectivity index (χ1v) is 5.51. The van der Waals surface area contributed by atoms with E-state index in [0.29, 0.717) is 13.2 Å². The Labute approximate surface area is 96.2 Å². The Morgan fingerprint density at radius 1 is 1.25 bits per heavy atom. The van der Waals surface area contributed by atoms with E-state index in [1.807, 2.05) is 13.1 Å². The van der Waals surface area contributed by atoms with Gasteiger partial charge in [0, 0.05) is 13.2 Å². The second-order valence-electron chi connectivity index (χ2n) is 4.00. The third-order valence-corrected chi connectivity index (χ3v) is 2.49. The van der Waals surface area contributed by atoms with Gasteiger partial charge in [0.05, 0.1) is 0 Å². The topological polar surface area (TPSA) is 33.7 Å². The molecule has 0 saturated carbocycles. The number of nitrogens with zero attached hydrogens (tertiary/aromatic N) is 1. The van der Waals surface area contributed by atoms with Crippen molar-refractivity contribution in [3.05, 3.63) is 23.8 Å². The van der Waals surface area contributed by atoms with Crippen LogP contribution < -0.4 is 14.8 Å². The van der Waals surface area contributed by atoms with Crippen molar-refractivity contribution in [1.82, 2.24) is 10.2 Å². The molecule has 0 aliphatic carbocycles. The van der Waals surface area contributed by atoms with E-state index in [1.54, 1.807) is 0 Å². The number of hydrogen-bond donors (Lipinski definition) is 1. The minimum atomic E-state index is 0.642. The van der Waals surface area contributed by atoms with E-state index in [0.717, 1.165) is 24.7 Å². The molecule has 2 rings (SSSR count). The molecule has 16 heavy (non-hydrogen) atoms. The summed E-state index contributed by atoms with van der Waals surface area (Å²) in [5.41, 5.74) is 1.24. The predicted molar refractivity (Wildman–Crippen MR) is 62.8 cm³/mol. The first-order valence-electron chi connectivity index (χ1n) is 5.51. The molecule has 1 aromatic carbocycles. The second kappa shape index (κ2) is 5.18. The summed E-state index contributed by atoms with van der Waals surface area (Å²) in [5, 5.41) is 3.12. The van der Waals surface area contributed by atoms with Crippen LogP contribution in [-0.4, -0.2) is 38.9 Å². The van der Waals surface area contributed by atoms with Gasteiger partial charge >= 0.3 is 0 Å². The highest BCUT2D eigenvalue weighted by Gasteiger charge is 2.11. The van der Waals surface area contributed by atoms with Crippen molar-refractivity contribution in [1.29, 1.82) is 0 Å². The zero-order chi connectivity index (χ0) is 11.4. The van der Waals surface area contributed by atoms with Crippen LogP contribution in [0, 0.1) is 0 Å². The summed E-state index contributed by atoms with van der Waals surface area (Å²) in [6, 6.07) is 6.12. The monoisotopic (exact) mass is 222 g/mol. The Hall–Kier alpha value is -1.26. The van der Waals surface area contributed by atoms with Crippen LogP contribution in [0.2, 0.25) is 0 Å². The van der Waals surface area contributed by atoms with Crippen molar-refractivity contribution in [3.8, 4) is 11.5 Å². The molecule has 0 spiro atoms. The Bertz CT molecular complexity index is 355. The van der Waals surface area contributed by atoms with Gasteiger partial charge in [-0.15, -0.1) is 0 Å². The molecule has 0 aromatic heterocycles. The van der Waals surface area contributed by atoms with E-state index in [2.05, 4.69) is 29.4 Å². The van der Waals surface area contributed by atoms with Crippen molar-refractivity contribution >= 4 is 0 Å². The van der Waals surface area contributed by atoms with E-state index >= 15 is 0 Å². The molecule has 1 heterocycles. The highest BCUT2D eigenvalue weighted by molar-refractivity contribution is 5.43. The van der Waals surface area contributed by atoms with Crippen LogP contribution in [0.3, 0.4) is 0 Å². The maximum atomic E-state index is 5.55. The molecule has 0 fully saturated rings. The van der Waals surface area contributed by atoms with Gasteiger partial charge in [-0.05, 0) is 31.8 Å². The summed E-state index contributed by atoms with van der Waals surface area (Å²) >= 11 is 0. The average molecular weight is 222 g/mol. The SMILES string of the molecule is CNCN(C)Cc1ccc2c(c1)OCCO2. The van der Waals surface area contributed by atoms with Crippen LogP contribution in [0.25, 0.3) is 0 Å². The zero-order valence-electron chi connectivity index (χ0n) is 9.82. The number of nitrogens with one attached hydrogen (secondary N) is 1. The third kappa shape index (κ3) is 2.65. The molecule has 1 aromatic rings. The molecule has 0 bridgehead atoms. The molecule has 0 saturated heterocycles. The van der Waals surface area contributed by atoms with Gasteiger partial charge in [-0.1, -0.05) is 6.07 Å². The number of benzene rings is 1. The van der Waals surface area contributed by atoms with Crippen molar-refractivity contribution in [2.45, 2.75) is 6.54 Å². The minimum Gasteiger partial charge on any atom is -0.486 e. The van der Waals surface area contributed by atoms with Crippen molar-refractivity contribution in [2.24, 2.45) is 0 Å². The fourth-order valence-corrected chi connectivity index (χ4v) is 1.82. The standard InChI is InChI=1S/C12H18N2O2/c1-13-9-14(2)8-10-3-4-11-12(7-10)16-6-5-15-11/h3-4,7,13H,5-6,8-9H2,1-2H3. The molecule has 0 unspecified atom stereocenters. The van der Waals surface area contributed by atoms with E-state index in [-0.39, 0.29) is 0 Å².